The van der Waals surface area contributed by atoms with Crippen molar-refractivity contribution in [3.63, 3.8) is 0 Å². The van der Waals surface area contributed by atoms with Crippen molar-refractivity contribution in [3.8, 4) is 11.1 Å². The van der Waals surface area contributed by atoms with Crippen molar-refractivity contribution in [2.45, 2.75) is 57.9 Å². The van der Waals surface area contributed by atoms with Crippen molar-refractivity contribution in [1.82, 2.24) is 0 Å². The van der Waals surface area contributed by atoms with Crippen molar-refractivity contribution in [2.75, 3.05) is 4.90 Å². The number of rotatable bonds is 2. The van der Waals surface area contributed by atoms with Crippen LogP contribution < -0.4 is 4.90 Å². The predicted octanol–water partition coefficient (Wildman–Crippen LogP) is 10.6. The molecule has 0 saturated heterocycles. The third-order valence-electron chi connectivity index (χ3n) is 10.5. The van der Waals surface area contributed by atoms with E-state index in [4.69, 9.17) is 0 Å². The molecule has 1 heterocycles. The number of nitrogens with zero attached hydrogens (tertiary/aromatic N) is 1. The predicted molar refractivity (Wildman–Crippen MR) is 167 cm³/mol. The monoisotopic (exact) mass is 505 g/mol. The van der Waals surface area contributed by atoms with Crippen LogP contribution in [0.3, 0.4) is 0 Å². The summed E-state index contributed by atoms with van der Waals surface area (Å²) in [6.45, 7) is 5.13. The van der Waals surface area contributed by atoms with Gasteiger partial charge >= 0.3 is 0 Å². The maximum atomic E-state index is 2.85. The molecule has 5 aromatic rings. The van der Waals surface area contributed by atoms with Crippen LogP contribution in [0.2, 0.25) is 0 Å². The summed E-state index contributed by atoms with van der Waals surface area (Å²) >= 11 is 0. The van der Waals surface area contributed by atoms with Gasteiger partial charge in [0.05, 0.1) is 11.2 Å². The van der Waals surface area contributed by atoms with E-state index in [9.17, 15) is 0 Å². The molecule has 192 valence electrons. The van der Waals surface area contributed by atoms with E-state index in [-0.39, 0.29) is 11.0 Å². The van der Waals surface area contributed by atoms with Gasteiger partial charge in [-0.25, -0.2) is 0 Å². The fraction of sp³-hybridized carbons (Fsp3) is 0.263. The fourth-order valence-corrected chi connectivity index (χ4v) is 8.42. The van der Waals surface area contributed by atoms with E-state index in [1.54, 1.807) is 11.3 Å². The van der Waals surface area contributed by atoms with E-state index in [0.29, 0.717) is 0 Å². The number of allylic oxidation sites excluding steroid dienone is 3. The summed E-state index contributed by atoms with van der Waals surface area (Å²) in [5, 5.41) is 8.06. The first-order chi connectivity index (χ1) is 19.1. The molecule has 5 aromatic carbocycles. The van der Waals surface area contributed by atoms with Crippen molar-refractivity contribution >= 4 is 38.0 Å². The molecular formula is C38H35N. The van der Waals surface area contributed by atoms with E-state index in [1.165, 1.54) is 74.8 Å². The van der Waals surface area contributed by atoms with Gasteiger partial charge in [-0.2, -0.15) is 0 Å². The second kappa shape index (κ2) is 8.33. The Morgan fingerprint density at radius 1 is 0.641 bits per heavy atom. The average Bonchev–Trinajstić information content (AvgIpc) is 3.19. The SMILES string of the molecule is CC12CCCCC1(C)N(c1c3ccccc3c(-c3cccc4ccccc34)c3ccccc13)C1=C2C=CCC1. The Hall–Kier alpha value is -3.84. The fourth-order valence-electron chi connectivity index (χ4n) is 8.42. The van der Waals surface area contributed by atoms with Crippen molar-refractivity contribution < 1.29 is 0 Å². The number of fused-ring (bicyclic) bond motifs is 5. The molecule has 0 radical (unpaired) electrons. The van der Waals surface area contributed by atoms with E-state index in [1.807, 2.05) is 0 Å². The minimum absolute atomic E-state index is 0.0666. The Morgan fingerprint density at radius 2 is 1.26 bits per heavy atom. The Labute approximate surface area is 231 Å². The van der Waals surface area contributed by atoms with Crippen LogP contribution in [0.15, 0.2) is 114 Å². The largest absolute Gasteiger partial charge is 0.337 e. The smallest absolute Gasteiger partial charge is 0.0573 e. The van der Waals surface area contributed by atoms with Gasteiger partial charge in [-0.3, -0.25) is 0 Å². The first-order valence-electron chi connectivity index (χ1n) is 14.7. The van der Waals surface area contributed by atoms with Gasteiger partial charge in [0, 0.05) is 21.9 Å². The highest BCUT2D eigenvalue weighted by molar-refractivity contribution is 6.23. The van der Waals surface area contributed by atoms with Crippen molar-refractivity contribution in [3.05, 3.63) is 114 Å². The molecule has 1 nitrogen and oxygen atoms in total. The average molecular weight is 506 g/mol. The van der Waals surface area contributed by atoms with E-state index < -0.39 is 0 Å². The molecule has 1 fully saturated rings. The molecule has 3 aliphatic rings. The first-order valence-corrected chi connectivity index (χ1v) is 14.7. The zero-order valence-corrected chi connectivity index (χ0v) is 23.0. The van der Waals surface area contributed by atoms with Crippen LogP contribution in [0.25, 0.3) is 43.4 Å². The third-order valence-corrected chi connectivity index (χ3v) is 10.5. The molecule has 2 aliphatic carbocycles. The van der Waals surface area contributed by atoms with Crippen molar-refractivity contribution in [1.29, 1.82) is 0 Å². The van der Waals surface area contributed by atoms with Gasteiger partial charge in [0.25, 0.3) is 0 Å². The zero-order valence-electron chi connectivity index (χ0n) is 23.0. The molecule has 1 heteroatoms. The van der Waals surface area contributed by atoms with Crippen LogP contribution in [0, 0.1) is 5.41 Å². The third kappa shape index (κ3) is 3.02. The molecule has 2 atom stereocenters. The highest BCUT2D eigenvalue weighted by Crippen LogP contribution is 2.63. The summed E-state index contributed by atoms with van der Waals surface area (Å²) in [6, 6.07) is 34.0. The van der Waals surface area contributed by atoms with Crippen LogP contribution >= 0.6 is 0 Å². The summed E-state index contributed by atoms with van der Waals surface area (Å²) in [5.41, 5.74) is 7.50. The summed E-state index contributed by atoms with van der Waals surface area (Å²) in [4.78, 5) is 2.85. The zero-order chi connectivity index (χ0) is 26.2. The van der Waals surface area contributed by atoms with Gasteiger partial charge in [-0.05, 0) is 70.9 Å². The Morgan fingerprint density at radius 3 is 2.00 bits per heavy atom. The molecule has 1 saturated carbocycles. The Balaban J connectivity index is 1.52. The lowest BCUT2D eigenvalue weighted by atomic mass is 9.60. The summed E-state index contributed by atoms with van der Waals surface area (Å²) in [5.74, 6) is 0. The van der Waals surface area contributed by atoms with Crippen LogP contribution in [-0.2, 0) is 0 Å². The lowest BCUT2D eigenvalue weighted by molar-refractivity contribution is 0.153. The molecule has 39 heavy (non-hydrogen) atoms. The Bertz CT molecular complexity index is 1790. The molecule has 0 N–H and O–H groups in total. The highest BCUT2D eigenvalue weighted by atomic mass is 15.3. The molecule has 0 amide bonds. The van der Waals surface area contributed by atoms with Crippen molar-refractivity contribution in [2.24, 2.45) is 5.41 Å². The lowest BCUT2D eigenvalue weighted by Gasteiger charge is -2.52. The molecule has 8 rings (SSSR count). The first kappa shape index (κ1) is 23.1. The van der Waals surface area contributed by atoms with Crippen LogP contribution in [-0.4, -0.2) is 5.54 Å². The number of benzene rings is 5. The standard InChI is InChI=1S/C38H35N/c1-37-24-11-12-25-38(37,2)39(34-23-10-9-22-33(34)37)36-31-19-7-5-17-29(31)35(30-18-6-8-20-32(30)36)28-21-13-15-26-14-3-4-16-27(26)28/h3-9,13-22H,10-12,23-25H2,1-2H3. The second-order valence-electron chi connectivity index (χ2n) is 12.3. The molecule has 2 unspecified atom stereocenters. The van der Waals surface area contributed by atoms with Crippen LogP contribution in [0.5, 0.6) is 0 Å². The maximum absolute atomic E-state index is 2.85. The van der Waals surface area contributed by atoms with Gasteiger partial charge in [0.2, 0.25) is 0 Å². The van der Waals surface area contributed by atoms with E-state index in [2.05, 4.69) is 122 Å². The highest BCUT2D eigenvalue weighted by Gasteiger charge is 2.58. The second-order valence-corrected chi connectivity index (χ2v) is 12.3. The van der Waals surface area contributed by atoms with E-state index in [0.717, 1.165) is 12.8 Å². The lowest BCUT2D eigenvalue weighted by Crippen LogP contribution is -2.54. The van der Waals surface area contributed by atoms with Crippen LogP contribution in [0.4, 0.5) is 5.69 Å². The van der Waals surface area contributed by atoms with Gasteiger partial charge in [-0.15, -0.1) is 0 Å². The normalized spacial score (nSPS) is 24.5. The maximum Gasteiger partial charge on any atom is 0.0573 e. The van der Waals surface area contributed by atoms with Gasteiger partial charge < -0.3 is 4.90 Å². The number of anilines is 1. The van der Waals surface area contributed by atoms with Gasteiger partial charge in [0.1, 0.15) is 0 Å². The number of hydrogen-bond acceptors (Lipinski definition) is 1. The van der Waals surface area contributed by atoms with Gasteiger partial charge in [0.15, 0.2) is 0 Å². The quantitative estimate of drug-likeness (QED) is 0.216. The topological polar surface area (TPSA) is 3.24 Å². The molecular weight excluding hydrogens is 470 g/mol. The number of hydrogen-bond donors (Lipinski definition) is 0. The van der Waals surface area contributed by atoms with Gasteiger partial charge in [-0.1, -0.05) is 123 Å². The summed E-state index contributed by atoms with van der Waals surface area (Å²) in [7, 11) is 0. The summed E-state index contributed by atoms with van der Waals surface area (Å²) in [6.07, 6.45) is 12.3. The minimum Gasteiger partial charge on any atom is -0.337 e. The van der Waals surface area contributed by atoms with E-state index >= 15 is 0 Å². The molecule has 0 bridgehead atoms. The molecule has 1 aliphatic heterocycles. The summed E-state index contributed by atoms with van der Waals surface area (Å²) < 4.78 is 0. The molecule has 0 aromatic heterocycles. The Kier molecular flexibility index (Phi) is 4.93. The molecule has 0 spiro atoms. The van der Waals surface area contributed by atoms with Crippen LogP contribution in [0.1, 0.15) is 52.4 Å². The minimum atomic E-state index is 0.0666.